The summed E-state index contributed by atoms with van der Waals surface area (Å²) in [5, 5.41) is 3.36. The van der Waals surface area contributed by atoms with Crippen LogP contribution in [0.4, 0.5) is 0 Å². The van der Waals surface area contributed by atoms with Crippen molar-refractivity contribution >= 4 is 29.2 Å². The number of carbonyl (C=O) groups excluding carboxylic acids is 1. The second kappa shape index (κ2) is 7.63. The fraction of sp³-hybridized carbons (Fsp3) is 0.438. The van der Waals surface area contributed by atoms with Gasteiger partial charge in [-0.05, 0) is 30.9 Å². The summed E-state index contributed by atoms with van der Waals surface area (Å²) in [6, 6.07) is 6.88. The number of carbonyl (C=O) groups is 1. The number of amides is 1. The second-order valence-electron chi connectivity index (χ2n) is 5.93. The van der Waals surface area contributed by atoms with Crippen molar-refractivity contribution in [2.75, 3.05) is 6.54 Å². The summed E-state index contributed by atoms with van der Waals surface area (Å²) in [7, 11) is 0. The molecule has 1 amide bonds. The number of hydrogen-bond donors (Lipinski definition) is 3. The minimum absolute atomic E-state index is 0. The maximum Gasteiger partial charge on any atom is 0.328 e. The van der Waals surface area contributed by atoms with Gasteiger partial charge in [0.1, 0.15) is 0 Å². The molecular formula is C16H21ClN4O3. The Labute approximate surface area is 144 Å². The van der Waals surface area contributed by atoms with Crippen LogP contribution in [0.25, 0.3) is 10.9 Å². The molecule has 1 aliphatic carbocycles. The predicted molar refractivity (Wildman–Crippen MR) is 94.4 cm³/mol. The van der Waals surface area contributed by atoms with E-state index < -0.39 is 11.2 Å². The molecule has 0 spiro atoms. The maximum atomic E-state index is 12.1. The van der Waals surface area contributed by atoms with Crippen LogP contribution < -0.4 is 22.3 Å². The number of halogens is 1. The topological polar surface area (TPSA) is 110 Å². The molecule has 8 heteroatoms. The van der Waals surface area contributed by atoms with E-state index in [0.29, 0.717) is 23.4 Å². The van der Waals surface area contributed by atoms with E-state index in [0.717, 1.165) is 12.8 Å². The molecule has 24 heavy (non-hydrogen) atoms. The highest BCUT2D eigenvalue weighted by atomic mass is 35.5. The number of para-hydroxylation sites is 1. The first-order valence-corrected chi connectivity index (χ1v) is 7.81. The summed E-state index contributed by atoms with van der Waals surface area (Å²) in [5.74, 6) is 0.357. The van der Waals surface area contributed by atoms with Crippen LogP contribution in [0.5, 0.6) is 0 Å². The van der Waals surface area contributed by atoms with E-state index in [2.05, 4.69) is 10.3 Å². The highest BCUT2D eigenvalue weighted by Crippen LogP contribution is 2.32. The quantitative estimate of drug-likeness (QED) is 0.697. The van der Waals surface area contributed by atoms with Crippen molar-refractivity contribution in [3.8, 4) is 0 Å². The highest BCUT2D eigenvalue weighted by Gasteiger charge is 2.31. The normalized spacial score (nSPS) is 14.9. The lowest BCUT2D eigenvalue weighted by atomic mass is 10.2. The Kier molecular flexibility index (Phi) is 5.80. The predicted octanol–water partition coefficient (Wildman–Crippen LogP) is 0.355. The van der Waals surface area contributed by atoms with Gasteiger partial charge in [0.25, 0.3) is 5.56 Å². The number of fused-ring (bicyclic) bond motifs is 1. The van der Waals surface area contributed by atoms with Gasteiger partial charge in [0.2, 0.25) is 5.91 Å². The van der Waals surface area contributed by atoms with Crippen LogP contribution in [0.1, 0.15) is 19.3 Å². The molecule has 0 radical (unpaired) electrons. The molecule has 7 nitrogen and oxygen atoms in total. The third kappa shape index (κ3) is 3.85. The van der Waals surface area contributed by atoms with Crippen molar-refractivity contribution in [3.63, 3.8) is 0 Å². The van der Waals surface area contributed by atoms with Gasteiger partial charge in [-0.15, -0.1) is 12.4 Å². The molecule has 1 aromatic carbocycles. The Morgan fingerprint density at radius 2 is 2.04 bits per heavy atom. The van der Waals surface area contributed by atoms with Gasteiger partial charge in [-0.25, -0.2) is 4.79 Å². The molecule has 2 aromatic rings. The van der Waals surface area contributed by atoms with Crippen molar-refractivity contribution in [1.82, 2.24) is 14.9 Å². The number of benzene rings is 1. The minimum atomic E-state index is -0.501. The monoisotopic (exact) mass is 352 g/mol. The average molecular weight is 353 g/mol. The zero-order valence-corrected chi connectivity index (χ0v) is 14.0. The number of aryl methyl sites for hydroxylation is 1. The van der Waals surface area contributed by atoms with Crippen LogP contribution in [0.3, 0.4) is 0 Å². The van der Waals surface area contributed by atoms with E-state index in [1.54, 1.807) is 24.3 Å². The van der Waals surface area contributed by atoms with Gasteiger partial charge in [-0.2, -0.15) is 0 Å². The molecule has 1 unspecified atom stereocenters. The Morgan fingerprint density at radius 3 is 2.71 bits per heavy atom. The number of H-pyrrole nitrogens is 1. The molecule has 1 heterocycles. The van der Waals surface area contributed by atoms with Crippen LogP contribution >= 0.6 is 12.4 Å². The Morgan fingerprint density at radius 1 is 1.33 bits per heavy atom. The number of rotatable bonds is 6. The number of nitrogens with zero attached hydrogens (tertiary/aromatic N) is 1. The van der Waals surface area contributed by atoms with Crippen molar-refractivity contribution in [2.24, 2.45) is 11.7 Å². The first-order valence-electron chi connectivity index (χ1n) is 7.81. The molecule has 0 aliphatic heterocycles. The highest BCUT2D eigenvalue weighted by molar-refractivity contribution is 5.85. The zero-order valence-electron chi connectivity index (χ0n) is 13.2. The summed E-state index contributed by atoms with van der Waals surface area (Å²) in [5.41, 5.74) is 5.29. The molecule has 0 saturated heterocycles. The molecule has 3 rings (SSSR count). The number of hydrogen-bond acceptors (Lipinski definition) is 4. The molecular weight excluding hydrogens is 332 g/mol. The van der Waals surface area contributed by atoms with Crippen LogP contribution in [0.15, 0.2) is 33.9 Å². The number of aromatic amines is 1. The Balaban J connectivity index is 0.00000208. The number of aromatic nitrogens is 2. The van der Waals surface area contributed by atoms with Crippen molar-refractivity contribution in [1.29, 1.82) is 0 Å². The molecule has 1 saturated carbocycles. The van der Waals surface area contributed by atoms with Crippen molar-refractivity contribution in [2.45, 2.75) is 31.8 Å². The van der Waals surface area contributed by atoms with Gasteiger partial charge in [-0.1, -0.05) is 12.1 Å². The van der Waals surface area contributed by atoms with Gasteiger partial charge in [0, 0.05) is 25.6 Å². The molecule has 0 bridgehead atoms. The number of nitrogens with one attached hydrogen (secondary N) is 2. The van der Waals surface area contributed by atoms with E-state index in [1.165, 1.54) is 4.57 Å². The van der Waals surface area contributed by atoms with Crippen LogP contribution in [0.2, 0.25) is 0 Å². The van der Waals surface area contributed by atoms with Crippen LogP contribution in [-0.2, 0) is 11.3 Å². The van der Waals surface area contributed by atoms with E-state index in [9.17, 15) is 14.4 Å². The lowest BCUT2D eigenvalue weighted by Crippen LogP contribution is -2.42. The molecule has 1 atom stereocenters. The molecule has 130 valence electrons. The summed E-state index contributed by atoms with van der Waals surface area (Å²) in [4.78, 5) is 38.2. The standard InChI is InChI=1S/C16H20N4O3.ClH/c17-9-12(10-5-6-10)18-14(21)7-8-20-13-4-2-1-3-11(13)15(22)19-16(20)23;/h1-4,10,12H,5-9,17H2,(H,18,21)(H,19,22,23);1H. The molecule has 1 fully saturated rings. The van der Waals surface area contributed by atoms with Gasteiger partial charge in [-0.3, -0.25) is 19.1 Å². The minimum Gasteiger partial charge on any atom is -0.352 e. The first kappa shape index (κ1) is 18.2. The third-order valence-corrected chi connectivity index (χ3v) is 4.26. The Bertz CT molecular complexity index is 841. The van der Waals surface area contributed by atoms with E-state index in [4.69, 9.17) is 5.73 Å². The van der Waals surface area contributed by atoms with Gasteiger partial charge < -0.3 is 11.1 Å². The lowest BCUT2D eigenvalue weighted by molar-refractivity contribution is -0.122. The zero-order chi connectivity index (χ0) is 16.4. The summed E-state index contributed by atoms with van der Waals surface area (Å²) >= 11 is 0. The number of nitrogens with two attached hydrogens (primary N) is 1. The smallest absolute Gasteiger partial charge is 0.328 e. The van der Waals surface area contributed by atoms with Crippen molar-refractivity contribution < 1.29 is 4.79 Å². The maximum absolute atomic E-state index is 12.1. The summed E-state index contributed by atoms with van der Waals surface area (Å²) in [6.07, 6.45) is 2.37. The van der Waals surface area contributed by atoms with Crippen LogP contribution in [0, 0.1) is 5.92 Å². The first-order chi connectivity index (χ1) is 11.1. The van der Waals surface area contributed by atoms with Gasteiger partial charge in [0.05, 0.1) is 10.9 Å². The summed E-state index contributed by atoms with van der Waals surface area (Å²) in [6.45, 7) is 0.641. The van der Waals surface area contributed by atoms with Gasteiger partial charge in [0.15, 0.2) is 0 Å². The average Bonchev–Trinajstić information content (AvgIpc) is 3.37. The molecule has 4 N–H and O–H groups in total. The Hall–Kier alpha value is -2.12. The van der Waals surface area contributed by atoms with E-state index in [1.807, 2.05) is 0 Å². The fourth-order valence-corrected chi connectivity index (χ4v) is 2.82. The largest absolute Gasteiger partial charge is 0.352 e. The van der Waals surface area contributed by atoms with Crippen LogP contribution in [-0.4, -0.2) is 28.0 Å². The van der Waals surface area contributed by atoms with Gasteiger partial charge >= 0.3 is 5.69 Å². The SMILES string of the molecule is Cl.NCC(NC(=O)CCn1c(=O)[nH]c(=O)c2ccccc21)C1CC1. The second-order valence-corrected chi connectivity index (χ2v) is 5.93. The fourth-order valence-electron chi connectivity index (χ4n) is 2.82. The lowest BCUT2D eigenvalue weighted by Gasteiger charge is -2.16. The van der Waals surface area contributed by atoms with E-state index in [-0.39, 0.29) is 37.3 Å². The molecule has 1 aromatic heterocycles. The summed E-state index contributed by atoms with van der Waals surface area (Å²) < 4.78 is 1.42. The van der Waals surface area contributed by atoms with E-state index >= 15 is 0 Å². The van der Waals surface area contributed by atoms with Crippen molar-refractivity contribution in [3.05, 3.63) is 45.1 Å². The molecule has 1 aliphatic rings. The third-order valence-electron chi connectivity index (χ3n) is 4.26.